The van der Waals surface area contributed by atoms with Crippen molar-refractivity contribution in [2.75, 3.05) is 10.2 Å². The second kappa shape index (κ2) is 6.56. The fourth-order valence-corrected chi connectivity index (χ4v) is 2.63. The summed E-state index contributed by atoms with van der Waals surface area (Å²) in [5.74, 6) is -1.58. The first-order valence-corrected chi connectivity index (χ1v) is 7.63. The Labute approximate surface area is 143 Å². The van der Waals surface area contributed by atoms with E-state index in [2.05, 4.69) is 5.32 Å². The number of nitrogens with zero attached hydrogens (tertiary/aromatic N) is 1. The number of carbonyl (C=O) groups excluding carboxylic acids is 4. The fourth-order valence-electron chi connectivity index (χ4n) is 2.63. The molecule has 4 amide bonds. The molecule has 1 aliphatic heterocycles. The van der Waals surface area contributed by atoms with E-state index in [-0.39, 0.29) is 30.2 Å². The quantitative estimate of drug-likeness (QED) is 0.827. The van der Waals surface area contributed by atoms with Crippen LogP contribution in [-0.4, -0.2) is 23.6 Å². The third kappa shape index (κ3) is 3.25. The number of anilines is 2. The summed E-state index contributed by atoms with van der Waals surface area (Å²) in [6.45, 7) is 0. The van der Waals surface area contributed by atoms with Gasteiger partial charge in [-0.15, -0.1) is 0 Å². The van der Waals surface area contributed by atoms with Gasteiger partial charge in [0.15, 0.2) is 0 Å². The third-order valence-corrected chi connectivity index (χ3v) is 3.88. The van der Waals surface area contributed by atoms with Gasteiger partial charge in [-0.05, 0) is 36.4 Å². The van der Waals surface area contributed by atoms with Crippen molar-refractivity contribution in [2.45, 2.75) is 12.8 Å². The van der Waals surface area contributed by atoms with Crippen molar-refractivity contribution in [3.63, 3.8) is 0 Å². The van der Waals surface area contributed by atoms with Crippen LogP contribution in [0.4, 0.5) is 11.4 Å². The summed E-state index contributed by atoms with van der Waals surface area (Å²) in [4.78, 5) is 48.3. The minimum absolute atomic E-state index is 0.199. The maximum atomic E-state index is 12.3. The summed E-state index contributed by atoms with van der Waals surface area (Å²) < 4.78 is 0. The Morgan fingerprint density at radius 3 is 2.12 bits per heavy atom. The lowest BCUT2D eigenvalue weighted by Crippen LogP contribution is -2.28. The highest BCUT2D eigenvalue weighted by Crippen LogP contribution is 2.23. The van der Waals surface area contributed by atoms with Crippen LogP contribution in [0.1, 0.15) is 33.6 Å². The van der Waals surface area contributed by atoms with Crippen LogP contribution in [0.25, 0.3) is 0 Å². The van der Waals surface area contributed by atoms with Crippen LogP contribution in [-0.2, 0) is 9.59 Å². The Balaban J connectivity index is 1.79. The van der Waals surface area contributed by atoms with E-state index in [0.29, 0.717) is 16.9 Å². The van der Waals surface area contributed by atoms with Crippen molar-refractivity contribution in [2.24, 2.45) is 5.73 Å². The molecule has 0 saturated carbocycles. The minimum Gasteiger partial charge on any atom is -0.366 e. The number of para-hydroxylation sites is 1. The van der Waals surface area contributed by atoms with Crippen LogP contribution in [0.15, 0.2) is 48.5 Å². The van der Waals surface area contributed by atoms with Crippen molar-refractivity contribution in [1.82, 2.24) is 0 Å². The molecule has 0 bridgehead atoms. The van der Waals surface area contributed by atoms with E-state index in [1.54, 1.807) is 18.2 Å². The molecule has 0 spiro atoms. The lowest BCUT2D eigenvalue weighted by atomic mass is 10.1. The smallest absolute Gasteiger partial charge is 0.255 e. The Hall–Kier alpha value is -3.48. The molecule has 126 valence electrons. The first-order valence-electron chi connectivity index (χ1n) is 7.63. The van der Waals surface area contributed by atoms with E-state index in [4.69, 9.17) is 5.73 Å². The molecular weight excluding hydrogens is 322 g/mol. The number of rotatable bonds is 4. The van der Waals surface area contributed by atoms with Gasteiger partial charge in [0.2, 0.25) is 11.8 Å². The van der Waals surface area contributed by atoms with Gasteiger partial charge in [-0.1, -0.05) is 12.1 Å². The zero-order valence-corrected chi connectivity index (χ0v) is 13.2. The molecule has 25 heavy (non-hydrogen) atoms. The predicted molar refractivity (Wildman–Crippen MR) is 91.1 cm³/mol. The molecule has 1 aliphatic rings. The molecule has 3 N–H and O–H groups in total. The maximum Gasteiger partial charge on any atom is 0.255 e. The van der Waals surface area contributed by atoms with E-state index in [1.165, 1.54) is 30.3 Å². The Morgan fingerprint density at radius 1 is 0.920 bits per heavy atom. The zero-order valence-electron chi connectivity index (χ0n) is 13.2. The summed E-state index contributed by atoms with van der Waals surface area (Å²) in [5.41, 5.74) is 6.56. The highest BCUT2D eigenvalue weighted by molar-refractivity contribution is 6.20. The van der Waals surface area contributed by atoms with Crippen LogP contribution >= 0.6 is 0 Å². The summed E-state index contributed by atoms with van der Waals surface area (Å²) in [5, 5.41) is 2.63. The molecule has 0 radical (unpaired) electrons. The van der Waals surface area contributed by atoms with E-state index in [9.17, 15) is 19.2 Å². The molecule has 0 atom stereocenters. The summed E-state index contributed by atoms with van der Waals surface area (Å²) in [7, 11) is 0. The van der Waals surface area contributed by atoms with Gasteiger partial charge >= 0.3 is 0 Å². The number of carbonyl (C=O) groups is 4. The molecule has 0 aliphatic carbocycles. The zero-order chi connectivity index (χ0) is 18.0. The SMILES string of the molecule is NC(=O)c1ccccc1NC(=O)c1ccc(N2C(=O)CCC2=O)cc1. The second-order valence-corrected chi connectivity index (χ2v) is 5.53. The normalized spacial score (nSPS) is 13.8. The van der Waals surface area contributed by atoms with Gasteiger partial charge in [0.1, 0.15) is 0 Å². The van der Waals surface area contributed by atoms with Gasteiger partial charge in [-0.25, -0.2) is 0 Å². The second-order valence-electron chi connectivity index (χ2n) is 5.53. The molecule has 0 unspecified atom stereocenters. The summed E-state index contributed by atoms with van der Waals surface area (Å²) >= 11 is 0. The van der Waals surface area contributed by atoms with Crippen molar-refractivity contribution in [3.05, 3.63) is 59.7 Å². The first-order chi connectivity index (χ1) is 12.0. The van der Waals surface area contributed by atoms with Crippen LogP contribution in [0.5, 0.6) is 0 Å². The maximum absolute atomic E-state index is 12.3. The molecule has 3 rings (SSSR count). The molecule has 2 aromatic rings. The Kier molecular flexibility index (Phi) is 4.30. The molecule has 1 fully saturated rings. The van der Waals surface area contributed by atoms with E-state index in [1.807, 2.05) is 0 Å². The molecule has 1 heterocycles. The van der Waals surface area contributed by atoms with Gasteiger partial charge < -0.3 is 11.1 Å². The number of imide groups is 1. The Bertz CT molecular complexity index is 858. The van der Waals surface area contributed by atoms with Gasteiger partial charge in [0.25, 0.3) is 11.8 Å². The van der Waals surface area contributed by atoms with Crippen molar-refractivity contribution >= 4 is 35.0 Å². The number of nitrogens with one attached hydrogen (secondary N) is 1. The standard InChI is InChI=1S/C18H15N3O4/c19-17(24)13-3-1-2-4-14(13)20-18(25)11-5-7-12(8-6-11)21-15(22)9-10-16(21)23/h1-8H,9-10H2,(H2,19,24)(H,20,25). The minimum atomic E-state index is -0.641. The molecule has 2 aromatic carbocycles. The van der Waals surface area contributed by atoms with Crippen LogP contribution in [0.3, 0.4) is 0 Å². The van der Waals surface area contributed by atoms with E-state index in [0.717, 1.165) is 4.90 Å². The first kappa shape index (κ1) is 16.4. The number of nitrogens with two attached hydrogens (primary N) is 1. The van der Waals surface area contributed by atoms with Crippen LogP contribution < -0.4 is 16.0 Å². The molecular formula is C18H15N3O4. The largest absolute Gasteiger partial charge is 0.366 e. The monoisotopic (exact) mass is 337 g/mol. The average molecular weight is 337 g/mol. The molecule has 7 heteroatoms. The van der Waals surface area contributed by atoms with Gasteiger partial charge in [0.05, 0.1) is 16.9 Å². The topological polar surface area (TPSA) is 110 Å². The Morgan fingerprint density at radius 2 is 1.52 bits per heavy atom. The van der Waals surface area contributed by atoms with Crippen molar-refractivity contribution in [1.29, 1.82) is 0 Å². The van der Waals surface area contributed by atoms with E-state index < -0.39 is 11.8 Å². The average Bonchev–Trinajstić information content (AvgIpc) is 2.94. The number of hydrogen-bond donors (Lipinski definition) is 2. The van der Waals surface area contributed by atoms with Crippen LogP contribution in [0, 0.1) is 0 Å². The highest BCUT2D eigenvalue weighted by Gasteiger charge is 2.30. The predicted octanol–water partition coefficient (Wildman–Crippen LogP) is 1.69. The van der Waals surface area contributed by atoms with Gasteiger partial charge in [0, 0.05) is 18.4 Å². The number of primary amides is 1. The molecule has 7 nitrogen and oxygen atoms in total. The number of benzene rings is 2. The lowest BCUT2D eigenvalue weighted by molar-refractivity contribution is -0.121. The fraction of sp³-hybridized carbons (Fsp3) is 0.111. The molecule has 1 saturated heterocycles. The molecule has 0 aromatic heterocycles. The van der Waals surface area contributed by atoms with Gasteiger partial charge in [-0.2, -0.15) is 0 Å². The summed E-state index contributed by atoms with van der Waals surface area (Å²) in [6, 6.07) is 12.5. The number of hydrogen-bond acceptors (Lipinski definition) is 4. The van der Waals surface area contributed by atoms with Crippen LogP contribution in [0.2, 0.25) is 0 Å². The summed E-state index contributed by atoms with van der Waals surface area (Å²) in [6.07, 6.45) is 0.399. The van der Waals surface area contributed by atoms with E-state index >= 15 is 0 Å². The van der Waals surface area contributed by atoms with Crippen molar-refractivity contribution < 1.29 is 19.2 Å². The number of amides is 4. The highest BCUT2D eigenvalue weighted by atomic mass is 16.2. The third-order valence-electron chi connectivity index (χ3n) is 3.88. The lowest BCUT2D eigenvalue weighted by Gasteiger charge is -2.14. The van der Waals surface area contributed by atoms with Gasteiger partial charge in [-0.3, -0.25) is 24.1 Å². The van der Waals surface area contributed by atoms with Crippen molar-refractivity contribution in [3.8, 4) is 0 Å².